The number of para-hydroxylation sites is 2. The number of benzene rings is 2. The molecule has 0 fully saturated rings. The van der Waals surface area contributed by atoms with Crippen LogP contribution >= 0.6 is 0 Å². The number of H-pyrrole nitrogens is 1. The van der Waals surface area contributed by atoms with E-state index in [1.54, 1.807) is 42.5 Å². The minimum Gasteiger partial charge on any atom is -0.448 e. The van der Waals surface area contributed by atoms with Crippen LogP contribution in [0.15, 0.2) is 54.6 Å². The summed E-state index contributed by atoms with van der Waals surface area (Å²) in [5, 5.41) is 16.3. The topological polar surface area (TPSA) is 99.1 Å². The van der Waals surface area contributed by atoms with Gasteiger partial charge < -0.3 is 9.64 Å². The molecule has 0 aliphatic carbocycles. The average Bonchev–Trinajstić information content (AvgIpc) is 3.13. The molecule has 1 aromatic heterocycles. The standard InChI is InChI=1S/C20H18N4O3/c1-14(19(25)24(13-7-12-21)15-8-3-2-4-9-15)27-20(26)18-16-10-5-6-11-17(16)22-23-18/h2-6,8-11,14H,7,13H2,1H3,(H,22,23)/t14-/m0/s1. The molecule has 1 N–H and O–H groups in total. The lowest BCUT2D eigenvalue weighted by Gasteiger charge is -2.24. The summed E-state index contributed by atoms with van der Waals surface area (Å²) in [6, 6.07) is 18.2. The van der Waals surface area contributed by atoms with Crippen LogP contribution in [0.3, 0.4) is 0 Å². The number of ether oxygens (including phenoxy) is 1. The fourth-order valence-electron chi connectivity index (χ4n) is 2.74. The van der Waals surface area contributed by atoms with Gasteiger partial charge in [-0.15, -0.1) is 0 Å². The van der Waals surface area contributed by atoms with Gasteiger partial charge in [0.1, 0.15) is 0 Å². The van der Waals surface area contributed by atoms with Crippen molar-refractivity contribution in [1.82, 2.24) is 10.2 Å². The molecule has 0 aliphatic rings. The number of nitrogens with one attached hydrogen (secondary N) is 1. The number of nitrogens with zero attached hydrogens (tertiary/aromatic N) is 3. The first kappa shape index (κ1) is 18.1. The number of hydrogen-bond donors (Lipinski definition) is 1. The second-order valence-electron chi connectivity index (χ2n) is 5.90. The Bertz CT molecular complexity index is 991. The highest BCUT2D eigenvalue weighted by Gasteiger charge is 2.27. The van der Waals surface area contributed by atoms with Crippen molar-refractivity contribution >= 4 is 28.5 Å². The van der Waals surface area contributed by atoms with Gasteiger partial charge in [-0.2, -0.15) is 10.4 Å². The van der Waals surface area contributed by atoms with E-state index in [2.05, 4.69) is 10.2 Å². The number of aromatic nitrogens is 2. The Hall–Kier alpha value is -3.66. The van der Waals surface area contributed by atoms with Crippen LogP contribution in [0.1, 0.15) is 23.8 Å². The zero-order valence-electron chi connectivity index (χ0n) is 14.8. The van der Waals surface area contributed by atoms with Crippen molar-refractivity contribution in [2.24, 2.45) is 0 Å². The summed E-state index contributed by atoms with van der Waals surface area (Å²) in [4.78, 5) is 26.8. The zero-order valence-corrected chi connectivity index (χ0v) is 14.8. The van der Waals surface area contributed by atoms with Crippen LogP contribution in [-0.2, 0) is 9.53 Å². The van der Waals surface area contributed by atoms with E-state index in [4.69, 9.17) is 10.00 Å². The van der Waals surface area contributed by atoms with E-state index in [0.29, 0.717) is 16.6 Å². The molecule has 0 saturated heterocycles. The largest absolute Gasteiger partial charge is 0.448 e. The summed E-state index contributed by atoms with van der Waals surface area (Å²) in [6.45, 7) is 1.73. The quantitative estimate of drug-likeness (QED) is 0.680. The molecule has 7 heteroatoms. The van der Waals surface area contributed by atoms with Crippen LogP contribution in [0.4, 0.5) is 5.69 Å². The minimum absolute atomic E-state index is 0.133. The van der Waals surface area contributed by atoms with Crippen LogP contribution in [0.25, 0.3) is 10.9 Å². The molecule has 0 aliphatic heterocycles. The highest BCUT2D eigenvalue weighted by atomic mass is 16.5. The molecule has 27 heavy (non-hydrogen) atoms. The highest BCUT2D eigenvalue weighted by molar-refractivity contribution is 6.04. The van der Waals surface area contributed by atoms with Crippen molar-refractivity contribution in [3.8, 4) is 6.07 Å². The molecule has 0 bridgehead atoms. The first-order chi connectivity index (χ1) is 13.1. The van der Waals surface area contributed by atoms with E-state index in [-0.39, 0.29) is 18.7 Å². The Morgan fingerprint density at radius 2 is 1.89 bits per heavy atom. The molecule has 1 atom stereocenters. The average molecular weight is 362 g/mol. The number of esters is 1. The van der Waals surface area contributed by atoms with E-state index in [1.807, 2.05) is 18.2 Å². The number of rotatable bonds is 6. The molecular formula is C20H18N4O3. The number of anilines is 1. The molecule has 2 aromatic carbocycles. The summed E-state index contributed by atoms with van der Waals surface area (Å²) in [7, 11) is 0. The Kier molecular flexibility index (Phi) is 5.47. The third-order valence-electron chi connectivity index (χ3n) is 4.08. The van der Waals surface area contributed by atoms with Crippen LogP contribution < -0.4 is 4.90 Å². The summed E-state index contributed by atoms with van der Waals surface area (Å²) >= 11 is 0. The molecular weight excluding hydrogens is 344 g/mol. The van der Waals surface area contributed by atoms with Crippen molar-refractivity contribution in [3.05, 3.63) is 60.3 Å². The van der Waals surface area contributed by atoms with Gasteiger partial charge in [0.2, 0.25) is 0 Å². The Morgan fingerprint density at radius 1 is 1.19 bits per heavy atom. The molecule has 0 radical (unpaired) electrons. The summed E-state index contributed by atoms with van der Waals surface area (Å²) in [6.07, 6.45) is -0.849. The van der Waals surface area contributed by atoms with Gasteiger partial charge in [0.15, 0.2) is 11.8 Å². The molecule has 136 valence electrons. The second-order valence-corrected chi connectivity index (χ2v) is 5.90. The van der Waals surface area contributed by atoms with Gasteiger partial charge in [0, 0.05) is 17.6 Å². The first-order valence-electron chi connectivity index (χ1n) is 8.49. The number of fused-ring (bicyclic) bond motifs is 1. The maximum atomic E-state index is 12.8. The number of hydrogen-bond acceptors (Lipinski definition) is 5. The van der Waals surface area contributed by atoms with Crippen molar-refractivity contribution in [2.75, 3.05) is 11.4 Å². The third kappa shape index (κ3) is 3.96. The lowest BCUT2D eigenvalue weighted by Crippen LogP contribution is -2.40. The van der Waals surface area contributed by atoms with E-state index in [0.717, 1.165) is 0 Å². The number of nitriles is 1. The maximum Gasteiger partial charge on any atom is 0.360 e. The Morgan fingerprint density at radius 3 is 2.63 bits per heavy atom. The smallest absolute Gasteiger partial charge is 0.360 e. The van der Waals surface area contributed by atoms with Crippen molar-refractivity contribution in [1.29, 1.82) is 5.26 Å². The first-order valence-corrected chi connectivity index (χ1v) is 8.49. The minimum atomic E-state index is -1.02. The van der Waals surface area contributed by atoms with Crippen molar-refractivity contribution in [3.63, 3.8) is 0 Å². The maximum absolute atomic E-state index is 12.8. The van der Waals surface area contributed by atoms with Gasteiger partial charge in [-0.05, 0) is 25.1 Å². The van der Waals surface area contributed by atoms with Gasteiger partial charge in [-0.1, -0.05) is 36.4 Å². The van der Waals surface area contributed by atoms with Crippen molar-refractivity contribution in [2.45, 2.75) is 19.4 Å². The zero-order chi connectivity index (χ0) is 19.2. The monoisotopic (exact) mass is 362 g/mol. The molecule has 0 saturated carbocycles. The van der Waals surface area contributed by atoms with Gasteiger partial charge in [-0.25, -0.2) is 4.79 Å². The number of carbonyl (C=O) groups excluding carboxylic acids is 2. The molecule has 1 amide bonds. The molecule has 1 heterocycles. The number of amides is 1. The Labute approximate surface area is 156 Å². The molecule has 3 aromatic rings. The number of carbonyl (C=O) groups is 2. The van der Waals surface area contributed by atoms with Crippen LogP contribution in [0.5, 0.6) is 0 Å². The molecule has 3 rings (SSSR count). The highest BCUT2D eigenvalue weighted by Crippen LogP contribution is 2.19. The molecule has 0 spiro atoms. The number of aromatic amines is 1. The normalized spacial score (nSPS) is 11.6. The van der Waals surface area contributed by atoms with Crippen molar-refractivity contribution < 1.29 is 14.3 Å². The van der Waals surface area contributed by atoms with E-state index < -0.39 is 18.0 Å². The fourth-order valence-corrected chi connectivity index (χ4v) is 2.74. The van der Waals surface area contributed by atoms with E-state index in [1.165, 1.54) is 11.8 Å². The SMILES string of the molecule is C[C@H](OC(=O)c1n[nH]c2ccccc12)C(=O)N(CCC#N)c1ccccc1. The predicted molar refractivity (Wildman–Crippen MR) is 100.0 cm³/mol. The van der Waals surface area contributed by atoms with Gasteiger partial charge in [-0.3, -0.25) is 9.89 Å². The summed E-state index contributed by atoms with van der Waals surface area (Å²) in [5.74, 6) is -1.08. The van der Waals surface area contributed by atoms with E-state index >= 15 is 0 Å². The van der Waals surface area contributed by atoms with Gasteiger partial charge in [0.25, 0.3) is 5.91 Å². The summed E-state index contributed by atoms with van der Waals surface area (Å²) in [5.41, 5.74) is 1.49. The second kappa shape index (κ2) is 8.15. The lowest BCUT2D eigenvalue weighted by atomic mass is 10.2. The molecule has 0 unspecified atom stereocenters. The lowest BCUT2D eigenvalue weighted by molar-refractivity contribution is -0.126. The van der Waals surface area contributed by atoms with Crippen LogP contribution in [0.2, 0.25) is 0 Å². The van der Waals surface area contributed by atoms with Crippen LogP contribution in [-0.4, -0.2) is 34.7 Å². The fraction of sp³-hybridized carbons (Fsp3) is 0.200. The Balaban J connectivity index is 1.77. The summed E-state index contributed by atoms with van der Waals surface area (Å²) < 4.78 is 5.35. The molecule has 7 nitrogen and oxygen atoms in total. The third-order valence-corrected chi connectivity index (χ3v) is 4.08. The predicted octanol–water partition coefficient (Wildman–Crippen LogP) is 3.06. The van der Waals surface area contributed by atoms with Gasteiger partial charge in [0.05, 0.1) is 18.0 Å². The van der Waals surface area contributed by atoms with Gasteiger partial charge >= 0.3 is 5.97 Å². The van der Waals surface area contributed by atoms with E-state index in [9.17, 15) is 9.59 Å². The van der Waals surface area contributed by atoms with Crippen LogP contribution in [0, 0.1) is 11.3 Å².